The Morgan fingerprint density at radius 1 is 0.724 bits per heavy atom. The van der Waals surface area contributed by atoms with E-state index in [4.69, 9.17) is 14.9 Å². The van der Waals surface area contributed by atoms with Gasteiger partial charge in [0.25, 0.3) is 23.6 Å². The molecule has 0 radical (unpaired) electrons. The van der Waals surface area contributed by atoms with E-state index < -0.39 is 23.6 Å². The molecular formula is C20H16N2O7. The average molecular weight is 396 g/mol. The second-order valence-corrected chi connectivity index (χ2v) is 6.46. The highest BCUT2D eigenvalue weighted by molar-refractivity contribution is 6.23. The number of fused-ring (bicyclic) bond motifs is 2. The molecule has 0 bridgehead atoms. The lowest BCUT2D eigenvalue weighted by atomic mass is 10.1. The van der Waals surface area contributed by atoms with Crippen molar-refractivity contribution in [3.8, 4) is 11.5 Å². The first kappa shape index (κ1) is 18.8. The van der Waals surface area contributed by atoms with E-state index in [0.717, 1.165) is 9.80 Å². The molecule has 9 nitrogen and oxygen atoms in total. The maximum absolute atomic E-state index is 12.6. The molecule has 2 N–H and O–H groups in total. The molecule has 0 aromatic heterocycles. The van der Waals surface area contributed by atoms with Gasteiger partial charge in [-0.3, -0.25) is 29.0 Å². The number of hydrogen-bond acceptors (Lipinski definition) is 7. The zero-order valence-electron chi connectivity index (χ0n) is 15.1. The summed E-state index contributed by atoms with van der Waals surface area (Å²) in [5.74, 6) is -1.78. The van der Waals surface area contributed by atoms with Gasteiger partial charge in [0.2, 0.25) is 0 Å². The number of carbonyl (C=O) groups excluding carboxylic acids is 4. The minimum Gasteiger partial charge on any atom is -0.456 e. The number of imide groups is 2. The molecule has 2 aliphatic rings. The van der Waals surface area contributed by atoms with Crippen LogP contribution in [0.25, 0.3) is 0 Å². The fraction of sp³-hybridized carbons (Fsp3) is 0.200. The van der Waals surface area contributed by atoms with Gasteiger partial charge in [0.15, 0.2) is 0 Å². The van der Waals surface area contributed by atoms with E-state index in [9.17, 15) is 19.2 Å². The second-order valence-electron chi connectivity index (χ2n) is 6.46. The lowest BCUT2D eigenvalue weighted by molar-refractivity contribution is 0.0610. The lowest BCUT2D eigenvalue weighted by Gasteiger charge is -2.12. The molecule has 4 rings (SSSR count). The van der Waals surface area contributed by atoms with Crippen LogP contribution in [-0.2, 0) is 0 Å². The van der Waals surface area contributed by atoms with E-state index in [1.165, 1.54) is 30.3 Å². The Hall–Kier alpha value is -3.56. The van der Waals surface area contributed by atoms with Crippen molar-refractivity contribution in [2.24, 2.45) is 0 Å². The van der Waals surface area contributed by atoms with Crippen molar-refractivity contribution < 1.29 is 34.1 Å². The van der Waals surface area contributed by atoms with Crippen molar-refractivity contribution in [1.29, 1.82) is 0 Å². The topological polar surface area (TPSA) is 124 Å². The van der Waals surface area contributed by atoms with Crippen molar-refractivity contribution >= 4 is 23.6 Å². The molecule has 0 saturated heterocycles. The summed E-state index contributed by atoms with van der Waals surface area (Å²) in [5, 5.41) is 18.1. The van der Waals surface area contributed by atoms with E-state index in [1.54, 1.807) is 6.07 Å². The Morgan fingerprint density at radius 2 is 1.34 bits per heavy atom. The van der Waals surface area contributed by atoms with Crippen LogP contribution < -0.4 is 4.74 Å². The molecule has 0 saturated carbocycles. The van der Waals surface area contributed by atoms with Crippen LogP contribution in [0.2, 0.25) is 0 Å². The third-order valence-corrected chi connectivity index (χ3v) is 4.78. The predicted octanol–water partition coefficient (Wildman–Crippen LogP) is 0.655. The van der Waals surface area contributed by atoms with E-state index in [0.29, 0.717) is 0 Å². The zero-order chi connectivity index (χ0) is 20.7. The Labute approximate surface area is 164 Å². The monoisotopic (exact) mass is 396 g/mol. The highest BCUT2D eigenvalue weighted by Crippen LogP contribution is 2.35. The molecule has 2 aromatic rings. The quantitative estimate of drug-likeness (QED) is 0.687. The van der Waals surface area contributed by atoms with Gasteiger partial charge in [-0.2, -0.15) is 0 Å². The molecule has 2 aromatic carbocycles. The minimum atomic E-state index is -0.573. The predicted molar refractivity (Wildman–Crippen MR) is 97.9 cm³/mol. The van der Waals surface area contributed by atoms with Gasteiger partial charge in [-0.25, -0.2) is 0 Å². The Kier molecular flexibility index (Phi) is 4.61. The first-order valence-electron chi connectivity index (χ1n) is 8.87. The number of nitrogens with zero attached hydrogens (tertiary/aromatic N) is 2. The number of aliphatic hydroxyl groups excluding tert-OH is 2. The van der Waals surface area contributed by atoms with Crippen LogP contribution >= 0.6 is 0 Å². The third kappa shape index (κ3) is 2.87. The number of rotatable bonds is 6. The summed E-state index contributed by atoms with van der Waals surface area (Å²) in [6.45, 7) is -0.924. The summed E-state index contributed by atoms with van der Waals surface area (Å²) in [7, 11) is 0. The number of ether oxygens (including phenoxy) is 1. The fourth-order valence-corrected chi connectivity index (χ4v) is 3.45. The summed E-state index contributed by atoms with van der Waals surface area (Å²) >= 11 is 0. The number of aliphatic hydroxyl groups is 2. The molecular weight excluding hydrogens is 380 g/mol. The van der Waals surface area contributed by atoms with Gasteiger partial charge in [0.05, 0.1) is 48.6 Å². The summed E-state index contributed by atoms with van der Waals surface area (Å²) in [4.78, 5) is 51.5. The Morgan fingerprint density at radius 3 is 2.03 bits per heavy atom. The van der Waals surface area contributed by atoms with Crippen LogP contribution in [0.1, 0.15) is 41.4 Å². The van der Waals surface area contributed by atoms with E-state index in [1.807, 2.05) is 0 Å². The van der Waals surface area contributed by atoms with E-state index in [-0.39, 0.29) is 60.1 Å². The highest BCUT2D eigenvalue weighted by Gasteiger charge is 2.38. The molecule has 0 fully saturated rings. The molecule has 0 spiro atoms. The summed E-state index contributed by atoms with van der Waals surface area (Å²) < 4.78 is 5.78. The first-order valence-corrected chi connectivity index (χ1v) is 8.87. The van der Waals surface area contributed by atoms with Gasteiger partial charge in [-0.05, 0) is 30.3 Å². The average Bonchev–Trinajstić information content (AvgIpc) is 3.10. The molecule has 2 aliphatic heterocycles. The number of amides is 4. The molecule has 148 valence electrons. The smallest absolute Gasteiger partial charge is 0.265 e. The van der Waals surface area contributed by atoms with Crippen molar-refractivity contribution in [1.82, 2.24) is 9.80 Å². The van der Waals surface area contributed by atoms with Crippen LogP contribution in [0.4, 0.5) is 0 Å². The van der Waals surface area contributed by atoms with Crippen LogP contribution in [0.5, 0.6) is 11.5 Å². The maximum Gasteiger partial charge on any atom is 0.265 e. The number of carbonyl (C=O) groups is 4. The maximum atomic E-state index is 12.6. The van der Waals surface area contributed by atoms with Crippen LogP contribution in [0, 0.1) is 0 Å². The highest BCUT2D eigenvalue weighted by atomic mass is 16.5. The summed E-state index contributed by atoms with van der Waals surface area (Å²) in [5.41, 5.74) is 0.588. The van der Waals surface area contributed by atoms with Crippen LogP contribution in [-0.4, -0.2) is 69.9 Å². The van der Waals surface area contributed by atoms with Crippen LogP contribution in [0.15, 0.2) is 36.4 Å². The molecule has 0 atom stereocenters. The number of hydrogen-bond donors (Lipinski definition) is 2. The van der Waals surface area contributed by atoms with Crippen molar-refractivity contribution in [3.63, 3.8) is 0 Å². The van der Waals surface area contributed by atoms with E-state index in [2.05, 4.69) is 0 Å². The van der Waals surface area contributed by atoms with Crippen molar-refractivity contribution in [2.45, 2.75) is 0 Å². The molecule has 4 amide bonds. The van der Waals surface area contributed by atoms with Crippen LogP contribution in [0.3, 0.4) is 0 Å². The fourth-order valence-electron chi connectivity index (χ4n) is 3.45. The largest absolute Gasteiger partial charge is 0.456 e. The first-order chi connectivity index (χ1) is 14.0. The van der Waals surface area contributed by atoms with Gasteiger partial charge >= 0.3 is 0 Å². The molecule has 0 unspecified atom stereocenters. The number of β-amino-alcohol motifs (C(OH)–C–C–N with tert-alkyl or cyclic N) is 2. The molecule has 9 heteroatoms. The Balaban J connectivity index is 1.67. The zero-order valence-corrected chi connectivity index (χ0v) is 15.1. The second kappa shape index (κ2) is 7.12. The standard InChI is InChI=1S/C20H16N2O7/c23-8-6-21-17(25)12-5-4-11(10-14(12)19(21)27)29-15-3-1-2-13-16(15)20(28)22(7-9-24)18(13)26/h1-5,10,23-24H,6-9H2. The van der Waals surface area contributed by atoms with Gasteiger partial charge in [-0.1, -0.05) is 6.07 Å². The van der Waals surface area contributed by atoms with Gasteiger partial charge in [0.1, 0.15) is 11.5 Å². The SMILES string of the molecule is O=C1c2ccc(Oc3cccc4c3C(=O)N(CCO)C4=O)cc2C(=O)N1CCO. The van der Waals surface area contributed by atoms with Gasteiger partial charge in [-0.15, -0.1) is 0 Å². The molecule has 29 heavy (non-hydrogen) atoms. The lowest BCUT2D eigenvalue weighted by Crippen LogP contribution is -2.32. The minimum absolute atomic E-state index is 0.0794. The third-order valence-electron chi connectivity index (χ3n) is 4.78. The Bertz CT molecular complexity index is 1060. The van der Waals surface area contributed by atoms with Crippen molar-refractivity contribution in [3.05, 3.63) is 58.7 Å². The van der Waals surface area contributed by atoms with Crippen molar-refractivity contribution in [2.75, 3.05) is 26.3 Å². The normalized spacial score (nSPS) is 15.2. The van der Waals surface area contributed by atoms with E-state index >= 15 is 0 Å². The summed E-state index contributed by atoms with van der Waals surface area (Å²) in [6.07, 6.45) is 0. The molecule has 2 heterocycles. The summed E-state index contributed by atoms with van der Waals surface area (Å²) in [6, 6.07) is 8.89. The van der Waals surface area contributed by atoms with Gasteiger partial charge in [0, 0.05) is 0 Å². The van der Waals surface area contributed by atoms with Gasteiger partial charge < -0.3 is 14.9 Å². The number of benzene rings is 2. The molecule has 0 aliphatic carbocycles.